The molecule has 4 nitrogen and oxygen atoms in total. The van der Waals surface area contributed by atoms with Crippen LogP contribution in [0.25, 0.3) is 0 Å². The van der Waals surface area contributed by atoms with Crippen LogP contribution in [0, 0.1) is 5.82 Å². The van der Waals surface area contributed by atoms with Gasteiger partial charge in [-0.25, -0.2) is 4.39 Å². The molecule has 0 aliphatic carbocycles. The molecule has 1 aromatic carbocycles. The summed E-state index contributed by atoms with van der Waals surface area (Å²) in [4.78, 5) is 10.5. The van der Waals surface area contributed by atoms with Gasteiger partial charge in [-0.15, -0.1) is 0 Å². The van der Waals surface area contributed by atoms with E-state index in [0.717, 1.165) is 0 Å². The first-order valence-electron chi connectivity index (χ1n) is 4.35. The van der Waals surface area contributed by atoms with Gasteiger partial charge in [-0.05, 0) is 11.6 Å². The van der Waals surface area contributed by atoms with Crippen LogP contribution in [0.15, 0.2) is 18.2 Å². The summed E-state index contributed by atoms with van der Waals surface area (Å²) in [7, 11) is 1.39. The van der Waals surface area contributed by atoms with E-state index in [1.54, 1.807) is 0 Å². The van der Waals surface area contributed by atoms with E-state index in [9.17, 15) is 9.18 Å². The van der Waals surface area contributed by atoms with Crippen molar-refractivity contribution >= 4 is 5.97 Å². The van der Waals surface area contributed by atoms with Crippen LogP contribution in [0.3, 0.4) is 0 Å². The molecule has 82 valence electrons. The molecule has 0 fully saturated rings. The molecule has 0 aliphatic rings. The van der Waals surface area contributed by atoms with E-state index < -0.39 is 17.8 Å². The molecule has 0 spiro atoms. The van der Waals surface area contributed by atoms with E-state index >= 15 is 0 Å². The second-order valence-corrected chi connectivity index (χ2v) is 3.11. The molecule has 0 saturated heterocycles. The fourth-order valence-electron chi connectivity index (χ4n) is 1.21. The number of benzene rings is 1. The molecule has 0 radical (unpaired) electrons. The van der Waals surface area contributed by atoms with E-state index in [1.165, 1.54) is 25.3 Å². The van der Waals surface area contributed by atoms with Crippen LogP contribution < -0.4 is 10.5 Å². The average molecular weight is 212 g/mol. The highest BCUT2D eigenvalue weighted by atomic mass is 18.2. The Balaban J connectivity index is 2.89. The minimum atomic E-state index is -1.10. The molecule has 0 aromatic heterocycles. The Kier molecular flexibility index (Phi) is 3.62. The van der Waals surface area contributed by atoms with Gasteiger partial charge < -0.3 is 15.6 Å². The van der Waals surface area contributed by atoms with Crippen LogP contribution in [0.2, 0.25) is 0 Å². The first-order chi connectivity index (χ1) is 7.04. The molecule has 0 aliphatic heterocycles. The summed E-state index contributed by atoms with van der Waals surface area (Å²) in [5.41, 5.74) is 5.94. The van der Waals surface area contributed by atoms with Gasteiger partial charge in [0.15, 0.2) is 0 Å². The Morgan fingerprint density at radius 1 is 1.67 bits per heavy atom. The van der Waals surface area contributed by atoms with E-state index in [4.69, 9.17) is 15.6 Å². The second kappa shape index (κ2) is 4.75. The number of carbonyl (C=O) groups is 1. The quantitative estimate of drug-likeness (QED) is 0.773. The van der Waals surface area contributed by atoms with Crippen LogP contribution in [0.1, 0.15) is 5.56 Å². The van der Waals surface area contributed by atoms with Gasteiger partial charge in [0, 0.05) is 12.5 Å². The molecular weight excluding hydrogens is 200 g/mol. The number of ether oxygens (including phenoxy) is 1. The highest BCUT2D eigenvalue weighted by molar-refractivity contribution is 5.73. The molecule has 5 heteroatoms. The summed E-state index contributed by atoms with van der Waals surface area (Å²) < 4.78 is 17.7. The maximum absolute atomic E-state index is 12.8. The number of carboxylic acid groups (broad SMARTS) is 1. The first kappa shape index (κ1) is 11.5. The topological polar surface area (TPSA) is 72.5 Å². The lowest BCUT2D eigenvalue weighted by Gasteiger charge is -2.10. The number of rotatable bonds is 4. The molecule has 0 unspecified atom stereocenters. The lowest BCUT2D eigenvalue weighted by molar-refractivity contribution is -0.138. The second-order valence-electron chi connectivity index (χ2n) is 3.11. The first-order valence-corrected chi connectivity index (χ1v) is 4.35. The average Bonchev–Trinajstić information content (AvgIpc) is 2.20. The molecule has 15 heavy (non-hydrogen) atoms. The third-order valence-corrected chi connectivity index (χ3v) is 2.01. The summed E-state index contributed by atoms with van der Waals surface area (Å²) in [6.45, 7) is 0. The van der Waals surface area contributed by atoms with Gasteiger partial charge in [0.25, 0.3) is 0 Å². The van der Waals surface area contributed by atoms with Crippen molar-refractivity contribution in [1.29, 1.82) is 0 Å². The molecule has 3 N–H and O–H groups in total. The van der Waals surface area contributed by atoms with E-state index in [0.29, 0.717) is 11.3 Å². The van der Waals surface area contributed by atoms with Gasteiger partial charge >= 0.3 is 5.97 Å². The van der Waals surface area contributed by atoms with Gasteiger partial charge in [-0.2, -0.15) is 0 Å². The number of hydrogen-bond donors (Lipinski definition) is 2. The SMILES string of the molecule is COc1cc([18F])ccc1C[C@@H](N)C(=O)O. The van der Waals surface area contributed by atoms with Crippen LogP contribution >= 0.6 is 0 Å². The van der Waals surface area contributed by atoms with Crippen molar-refractivity contribution in [3.63, 3.8) is 0 Å². The zero-order chi connectivity index (χ0) is 11.4. The smallest absolute Gasteiger partial charge is 0.320 e. The molecular formula is C10H12FNO3. The zero-order valence-electron chi connectivity index (χ0n) is 8.24. The predicted octanol–water partition coefficient (Wildman–Crippen LogP) is 0.789. The Bertz CT molecular complexity index is 368. The van der Waals surface area contributed by atoms with Crippen molar-refractivity contribution in [2.45, 2.75) is 12.5 Å². The number of nitrogens with two attached hydrogens (primary N) is 1. The summed E-state index contributed by atoms with van der Waals surface area (Å²) in [5.74, 6) is -1.22. The predicted molar refractivity (Wildman–Crippen MR) is 52.3 cm³/mol. The molecule has 1 aromatic rings. The van der Waals surface area contributed by atoms with Gasteiger partial charge in [0.05, 0.1) is 7.11 Å². The Morgan fingerprint density at radius 2 is 2.33 bits per heavy atom. The van der Waals surface area contributed by atoms with E-state index in [2.05, 4.69) is 0 Å². The minimum Gasteiger partial charge on any atom is -0.496 e. The third kappa shape index (κ3) is 2.92. The van der Waals surface area contributed by atoms with Gasteiger partial charge in [-0.1, -0.05) is 6.07 Å². The standard InChI is InChI=1S/C10H12FNO3/c1-15-9-5-7(11)3-2-6(9)4-8(12)10(13)14/h2-3,5,8H,4,12H2,1H3,(H,13,14)/t8-/m1/s1/i11-1. The van der Waals surface area contributed by atoms with Crippen molar-refractivity contribution in [2.24, 2.45) is 5.73 Å². The third-order valence-electron chi connectivity index (χ3n) is 2.01. The van der Waals surface area contributed by atoms with E-state index in [1.807, 2.05) is 0 Å². The monoisotopic (exact) mass is 212 g/mol. The molecule has 0 heterocycles. The lowest BCUT2D eigenvalue weighted by Crippen LogP contribution is -2.32. The number of halogens is 1. The number of aliphatic carboxylic acids is 1. The van der Waals surface area contributed by atoms with Gasteiger partial charge in [0.1, 0.15) is 17.6 Å². The van der Waals surface area contributed by atoms with Crippen LogP contribution in [0.5, 0.6) is 5.75 Å². The maximum atomic E-state index is 12.8. The number of hydrogen-bond acceptors (Lipinski definition) is 3. The normalized spacial score (nSPS) is 12.2. The molecule has 1 atom stereocenters. The maximum Gasteiger partial charge on any atom is 0.320 e. The zero-order valence-corrected chi connectivity index (χ0v) is 8.24. The van der Waals surface area contributed by atoms with Crippen LogP contribution in [-0.2, 0) is 11.2 Å². The fraction of sp³-hybridized carbons (Fsp3) is 0.300. The highest BCUT2D eigenvalue weighted by Gasteiger charge is 2.15. The number of carboxylic acids is 1. The summed E-state index contributed by atoms with van der Waals surface area (Å²) in [5, 5.41) is 8.62. The van der Waals surface area contributed by atoms with E-state index in [-0.39, 0.29) is 6.42 Å². The molecule has 0 saturated carbocycles. The van der Waals surface area contributed by atoms with Crippen molar-refractivity contribution in [1.82, 2.24) is 0 Å². The van der Waals surface area contributed by atoms with Crippen molar-refractivity contribution in [2.75, 3.05) is 7.11 Å². The van der Waals surface area contributed by atoms with Gasteiger partial charge in [0.2, 0.25) is 0 Å². The van der Waals surface area contributed by atoms with Crippen LogP contribution in [-0.4, -0.2) is 24.2 Å². The molecule has 0 amide bonds. The largest absolute Gasteiger partial charge is 0.496 e. The van der Waals surface area contributed by atoms with Crippen LogP contribution in [0.4, 0.5) is 4.39 Å². The van der Waals surface area contributed by atoms with Crippen molar-refractivity contribution < 1.29 is 19.0 Å². The Labute approximate surface area is 86.5 Å². The number of methoxy groups -OCH3 is 1. The highest BCUT2D eigenvalue weighted by Crippen LogP contribution is 2.20. The summed E-state index contributed by atoms with van der Waals surface area (Å²) >= 11 is 0. The van der Waals surface area contributed by atoms with Gasteiger partial charge in [-0.3, -0.25) is 4.79 Å². The minimum absolute atomic E-state index is 0.110. The molecule has 1 rings (SSSR count). The fourth-order valence-corrected chi connectivity index (χ4v) is 1.21. The molecule has 0 bridgehead atoms. The Hall–Kier alpha value is -1.62. The van der Waals surface area contributed by atoms with Crippen molar-refractivity contribution in [3.8, 4) is 5.75 Å². The summed E-state index contributed by atoms with van der Waals surface area (Å²) in [6, 6.07) is 2.90. The lowest BCUT2D eigenvalue weighted by atomic mass is 10.1. The Morgan fingerprint density at radius 3 is 2.87 bits per heavy atom. The summed E-state index contributed by atoms with van der Waals surface area (Å²) in [6.07, 6.45) is 0.110. The van der Waals surface area contributed by atoms with Crippen molar-refractivity contribution in [3.05, 3.63) is 29.6 Å².